The van der Waals surface area contributed by atoms with E-state index in [1.54, 1.807) is 6.20 Å². The fraction of sp³-hybridized carbons (Fsp3) is 0.133. The molecule has 0 atom stereocenters. The molecule has 18 heavy (non-hydrogen) atoms. The van der Waals surface area contributed by atoms with Crippen LogP contribution in [-0.2, 0) is 0 Å². The summed E-state index contributed by atoms with van der Waals surface area (Å²) in [6.07, 6.45) is 5.75. The fourth-order valence-electron chi connectivity index (χ4n) is 2.36. The van der Waals surface area contributed by atoms with Crippen LogP contribution in [0, 0.1) is 0 Å². The molecule has 0 aliphatic heterocycles. The Morgan fingerprint density at radius 1 is 1.22 bits per heavy atom. The van der Waals surface area contributed by atoms with Crippen molar-refractivity contribution in [3.8, 4) is 0 Å². The lowest BCUT2D eigenvalue weighted by molar-refractivity contribution is 0.577. The molecule has 3 aromatic rings. The molecule has 0 amide bonds. The van der Waals surface area contributed by atoms with E-state index in [9.17, 15) is 0 Å². The van der Waals surface area contributed by atoms with Gasteiger partial charge in [0.15, 0.2) is 5.58 Å². The molecule has 0 aliphatic carbocycles. The van der Waals surface area contributed by atoms with Gasteiger partial charge in [-0.05, 0) is 38.1 Å². The molecular formula is C15H14N2O. The van der Waals surface area contributed by atoms with Crippen molar-refractivity contribution >= 4 is 39.7 Å². The molecule has 90 valence electrons. The maximum atomic E-state index is 6.09. The molecule has 2 N–H and O–H groups in total. The Morgan fingerprint density at radius 2 is 2.06 bits per heavy atom. The number of benzene rings is 1. The first-order chi connectivity index (χ1) is 8.76. The number of hydrogen-bond acceptors (Lipinski definition) is 3. The Balaban J connectivity index is 2.71. The molecule has 0 saturated carbocycles. The molecule has 0 fully saturated rings. The largest absolute Gasteiger partial charge is 0.454 e. The van der Waals surface area contributed by atoms with E-state index in [4.69, 9.17) is 10.2 Å². The molecule has 1 aromatic carbocycles. The highest BCUT2D eigenvalue weighted by molar-refractivity contribution is 6.07. The lowest BCUT2D eigenvalue weighted by Gasteiger charge is -2.01. The van der Waals surface area contributed by atoms with Crippen LogP contribution in [0.5, 0.6) is 0 Å². The number of rotatable bonds is 0. The average molecular weight is 238 g/mol. The van der Waals surface area contributed by atoms with Gasteiger partial charge in [0, 0.05) is 27.9 Å². The van der Waals surface area contributed by atoms with Crippen molar-refractivity contribution in [1.82, 2.24) is 4.98 Å². The normalized spacial score (nSPS) is 13.9. The number of fused-ring (bicyclic) bond motifs is 3. The van der Waals surface area contributed by atoms with Crippen molar-refractivity contribution in [2.24, 2.45) is 0 Å². The average Bonchev–Trinajstić information content (AvgIpc) is 2.77. The van der Waals surface area contributed by atoms with E-state index in [1.807, 2.05) is 44.2 Å². The quantitative estimate of drug-likeness (QED) is 0.611. The van der Waals surface area contributed by atoms with Crippen LogP contribution >= 0.6 is 0 Å². The van der Waals surface area contributed by atoms with Crippen LogP contribution in [0.2, 0.25) is 0 Å². The number of furan rings is 1. The SMILES string of the molecule is C/C=c1\c(=C/C)oc2c1cc(N)c1cccnc12. The molecule has 3 heteroatoms. The highest BCUT2D eigenvalue weighted by Crippen LogP contribution is 2.26. The third kappa shape index (κ3) is 1.34. The Labute approximate surface area is 104 Å². The van der Waals surface area contributed by atoms with E-state index in [-0.39, 0.29) is 0 Å². The molecule has 2 aromatic heterocycles. The zero-order chi connectivity index (χ0) is 12.7. The minimum Gasteiger partial charge on any atom is -0.454 e. The van der Waals surface area contributed by atoms with E-state index >= 15 is 0 Å². The number of nitrogens with zero attached hydrogens (tertiary/aromatic N) is 1. The molecule has 3 rings (SSSR count). The van der Waals surface area contributed by atoms with Crippen LogP contribution in [-0.4, -0.2) is 4.98 Å². The van der Waals surface area contributed by atoms with Crippen LogP contribution < -0.4 is 16.4 Å². The molecule has 0 radical (unpaired) electrons. The maximum absolute atomic E-state index is 6.09. The van der Waals surface area contributed by atoms with Crippen molar-refractivity contribution in [2.75, 3.05) is 5.73 Å². The summed E-state index contributed by atoms with van der Waals surface area (Å²) in [5.41, 5.74) is 9.32. The van der Waals surface area contributed by atoms with Gasteiger partial charge in [-0.25, -0.2) is 0 Å². The second-order valence-electron chi connectivity index (χ2n) is 4.20. The van der Waals surface area contributed by atoms with Gasteiger partial charge in [0.25, 0.3) is 0 Å². The first-order valence-corrected chi connectivity index (χ1v) is 5.94. The Hall–Kier alpha value is -2.29. The zero-order valence-electron chi connectivity index (χ0n) is 10.4. The topological polar surface area (TPSA) is 52.0 Å². The lowest BCUT2D eigenvalue weighted by atomic mass is 10.1. The third-order valence-electron chi connectivity index (χ3n) is 3.20. The van der Waals surface area contributed by atoms with Gasteiger partial charge < -0.3 is 10.2 Å². The van der Waals surface area contributed by atoms with Crippen LogP contribution in [0.15, 0.2) is 28.8 Å². The van der Waals surface area contributed by atoms with E-state index in [0.717, 1.165) is 38.2 Å². The summed E-state index contributed by atoms with van der Waals surface area (Å²) >= 11 is 0. The van der Waals surface area contributed by atoms with Gasteiger partial charge in [0.2, 0.25) is 0 Å². The van der Waals surface area contributed by atoms with Crippen molar-refractivity contribution in [2.45, 2.75) is 13.8 Å². The molecule has 3 nitrogen and oxygen atoms in total. The summed E-state index contributed by atoms with van der Waals surface area (Å²) in [5, 5.41) is 3.03. The highest BCUT2D eigenvalue weighted by atomic mass is 16.3. The van der Waals surface area contributed by atoms with Gasteiger partial charge in [0.05, 0.1) is 0 Å². The second-order valence-corrected chi connectivity index (χ2v) is 4.20. The van der Waals surface area contributed by atoms with E-state index in [1.165, 1.54) is 0 Å². The van der Waals surface area contributed by atoms with Gasteiger partial charge in [-0.2, -0.15) is 0 Å². The summed E-state index contributed by atoms with van der Waals surface area (Å²) in [4.78, 5) is 4.39. The zero-order valence-corrected chi connectivity index (χ0v) is 10.4. The molecule has 0 saturated heterocycles. The Bertz CT molecular complexity index is 859. The van der Waals surface area contributed by atoms with E-state index in [2.05, 4.69) is 4.98 Å². The molecule has 0 bridgehead atoms. The highest BCUT2D eigenvalue weighted by Gasteiger charge is 2.10. The monoisotopic (exact) mass is 238 g/mol. The van der Waals surface area contributed by atoms with Gasteiger partial charge >= 0.3 is 0 Å². The predicted molar refractivity (Wildman–Crippen MR) is 75.5 cm³/mol. The summed E-state index contributed by atoms with van der Waals surface area (Å²) in [6.45, 7) is 3.96. The summed E-state index contributed by atoms with van der Waals surface area (Å²) < 4.78 is 5.90. The fourth-order valence-corrected chi connectivity index (χ4v) is 2.36. The van der Waals surface area contributed by atoms with Crippen LogP contribution in [0.3, 0.4) is 0 Å². The van der Waals surface area contributed by atoms with Gasteiger partial charge in [0.1, 0.15) is 10.9 Å². The molecular weight excluding hydrogens is 224 g/mol. The van der Waals surface area contributed by atoms with E-state index in [0.29, 0.717) is 0 Å². The number of anilines is 1. The molecule has 0 aliphatic rings. The minimum atomic E-state index is 0.733. The summed E-state index contributed by atoms with van der Waals surface area (Å²) in [5.74, 6) is 0. The van der Waals surface area contributed by atoms with Gasteiger partial charge in [-0.3, -0.25) is 4.98 Å². The number of pyridine rings is 1. The summed E-state index contributed by atoms with van der Waals surface area (Å²) in [6, 6.07) is 5.81. The van der Waals surface area contributed by atoms with Crippen molar-refractivity contribution in [3.05, 3.63) is 35.0 Å². The lowest BCUT2D eigenvalue weighted by Crippen LogP contribution is -2.18. The van der Waals surface area contributed by atoms with Crippen molar-refractivity contribution in [1.29, 1.82) is 0 Å². The smallest absolute Gasteiger partial charge is 0.161 e. The van der Waals surface area contributed by atoms with E-state index < -0.39 is 0 Å². The van der Waals surface area contributed by atoms with Gasteiger partial charge in [-0.1, -0.05) is 6.08 Å². The molecule has 0 unspecified atom stereocenters. The Morgan fingerprint density at radius 3 is 2.78 bits per heavy atom. The summed E-state index contributed by atoms with van der Waals surface area (Å²) in [7, 11) is 0. The number of nitrogens with two attached hydrogens (primary N) is 1. The molecule has 2 heterocycles. The van der Waals surface area contributed by atoms with Crippen LogP contribution in [0.1, 0.15) is 13.8 Å². The van der Waals surface area contributed by atoms with Crippen LogP contribution in [0.4, 0.5) is 5.69 Å². The minimum absolute atomic E-state index is 0.733. The number of nitrogen functional groups attached to an aromatic ring is 1. The first-order valence-electron chi connectivity index (χ1n) is 5.94. The van der Waals surface area contributed by atoms with Crippen LogP contribution in [0.25, 0.3) is 34.0 Å². The first kappa shape index (κ1) is 10.8. The standard InChI is InChI=1S/C15H14N2O/c1-3-9-11-8-12(16)10-6-5-7-17-14(10)15(11)18-13(9)4-2/h3-8H,16H2,1-2H3/b9-3-,13-4+. The number of hydrogen-bond donors (Lipinski definition) is 1. The predicted octanol–water partition coefficient (Wildman–Crippen LogP) is 2.16. The molecule has 0 spiro atoms. The maximum Gasteiger partial charge on any atom is 0.161 e. The third-order valence-corrected chi connectivity index (χ3v) is 3.20. The Kier molecular flexibility index (Phi) is 2.33. The van der Waals surface area contributed by atoms with Crippen molar-refractivity contribution in [3.63, 3.8) is 0 Å². The van der Waals surface area contributed by atoms with Crippen molar-refractivity contribution < 1.29 is 4.42 Å². The second kappa shape index (κ2) is 3.88. The number of aromatic nitrogens is 1. The van der Waals surface area contributed by atoms with Gasteiger partial charge in [-0.15, -0.1) is 0 Å².